The molecule has 0 aliphatic carbocycles. The fraction of sp³-hybridized carbons (Fsp3) is 0.500. The van der Waals surface area contributed by atoms with Crippen LogP contribution in [0.15, 0.2) is 12.1 Å². The van der Waals surface area contributed by atoms with Crippen molar-refractivity contribution >= 4 is 0 Å². The Kier molecular flexibility index (Phi) is 4.19. The maximum Gasteiger partial charge on any atom is -0.00902 e. The molecule has 0 fully saturated rings. The van der Waals surface area contributed by atoms with E-state index in [2.05, 4.69) is 46.2 Å². The van der Waals surface area contributed by atoms with Crippen LogP contribution >= 0.6 is 0 Å². The average molecular weight is 189 g/mol. The molecular weight excluding hydrogens is 168 g/mol. The lowest BCUT2D eigenvalue weighted by atomic mass is 9.96. The summed E-state index contributed by atoms with van der Waals surface area (Å²) in [4.78, 5) is 0. The van der Waals surface area contributed by atoms with E-state index in [0.29, 0.717) is 0 Å². The molecule has 0 N–H and O–H groups in total. The van der Waals surface area contributed by atoms with Crippen LogP contribution in [0.2, 0.25) is 0 Å². The lowest BCUT2D eigenvalue weighted by molar-refractivity contribution is 0.789. The largest absolute Gasteiger partial charge is 0.0654 e. The Bertz CT molecular complexity index is 297. The Morgan fingerprint density at radius 2 is 1.86 bits per heavy atom. The van der Waals surface area contributed by atoms with Gasteiger partial charge in [-0.2, -0.15) is 0 Å². The molecule has 0 aliphatic rings. The number of hydrogen-bond donors (Lipinski definition) is 0. The molecule has 1 aromatic carbocycles. The van der Waals surface area contributed by atoms with Gasteiger partial charge in [-0.1, -0.05) is 37.5 Å². The zero-order chi connectivity index (χ0) is 10.6. The first-order valence-electron chi connectivity index (χ1n) is 5.56. The molecule has 14 heavy (non-hydrogen) atoms. The van der Waals surface area contributed by atoms with Crippen molar-refractivity contribution in [3.63, 3.8) is 0 Å². The highest BCUT2D eigenvalue weighted by molar-refractivity contribution is 5.40. The number of unbranched alkanes of at least 4 members (excludes halogenated alkanes) is 2. The predicted octanol–water partition coefficient (Wildman–Crippen LogP) is 4.35. The monoisotopic (exact) mass is 189 g/mol. The highest BCUT2D eigenvalue weighted by Gasteiger charge is 2.02. The smallest absolute Gasteiger partial charge is 0.00902 e. The highest BCUT2D eigenvalue weighted by atomic mass is 14.1. The minimum absolute atomic E-state index is 1.21. The van der Waals surface area contributed by atoms with E-state index in [1.54, 1.807) is 0 Å². The summed E-state index contributed by atoms with van der Waals surface area (Å²) in [5, 5.41) is 0. The highest BCUT2D eigenvalue weighted by Crippen LogP contribution is 2.19. The van der Waals surface area contributed by atoms with Crippen molar-refractivity contribution in [1.29, 1.82) is 0 Å². The number of hydrogen-bond acceptors (Lipinski definition) is 0. The number of rotatable bonds is 4. The van der Waals surface area contributed by atoms with Gasteiger partial charge in [0.1, 0.15) is 0 Å². The molecule has 0 heteroatoms. The van der Waals surface area contributed by atoms with Crippen molar-refractivity contribution in [3.05, 3.63) is 40.8 Å². The van der Waals surface area contributed by atoms with E-state index >= 15 is 0 Å². The molecule has 0 spiro atoms. The summed E-state index contributed by atoms with van der Waals surface area (Å²) in [6, 6.07) is 4.55. The Labute approximate surface area is 88.4 Å². The normalized spacial score (nSPS) is 10.6. The zero-order valence-corrected chi connectivity index (χ0v) is 9.85. The van der Waals surface area contributed by atoms with E-state index in [4.69, 9.17) is 0 Å². The first-order chi connectivity index (χ1) is 6.65. The van der Waals surface area contributed by atoms with Crippen LogP contribution < -0.4 is 0 Å². The molecule has 1 radical (unpaired) electrons. The van der Waals surface area contributed by atoms with Crippen molar-refractivity contribution < 1.29 is 0 Å². The van der Waals surface area contributed by atoms with Gasteiger partial charge < -0.3 is 0 Å². The molecule has 0 saturated heterocycles. The van der Waals surface area contributed by atoms with Gasteiger partial charge in [-0.25, -0.2) is 0 Å². The maximum absolute atomic E-state index is 2.37. The van der Waals surface area contributed by atoms with Crippen molar-refractivity contribution in [2.45, 2.75) is 47.0 Å². The third-order valence-electron chi connectivity index (χ3n) is 2.77. The molecule has 0 atom stereocenters. The molecule has 1 rings (SSSR count). The third-order valence-corrected chi connectivity index (χ3v) is 2.77. The average Bonchev–Trinajstić information content (AvgIpc) is 2.13. The zero-order valence-electron chi connectivity index (χ0n) is 9.85. The first kappa shape index (κ1) is 11.3. The van der Waals surface area contributed by atoms with Crippen LogP contribution in [0.5, 0.6) is 0 Å². The van der Waals surface area contributed by atoms with Crippen LogP contribution in [-0.4, -0.2) is 0 Å². The van der Waals surface area contributed by atoms with E-state index in [1.165, 1.54) is 41.5 Å². The first-order valence-corrected chi connectivity index (χ1v) is 5.56. The van der Waals surface area contributed by atoms with E-state index in [1.807, 2.05) is 0 Å². The molecular formula is C14H21. The van der Waals surface area contributed by atoms with Crippen molar-refractivity contribution in [1.82, 2.24) is 0 Å². The second kappa shape index (κ2) is 5.19. The second-order valence-electron chi connectivity index (χ2n) is 4.14. The number of aryl methyl sites for hydroxylation is 2. The molecule has 0 nitrogen and oxygen atoms in total. The van der Waals surface area contributed by atoms with Gasteiger partial charge in [0.2, 0.25) is 0 Å². The topological polar surface area (TPSA) is 0 Å². The van der Waals surface area contributed by atoms with E-state index < -0.39 is 0 Å². The molecule has 77 valence electrons. The number of benzene rings is 1. The van der Waals surface area contributed by atoms with Gasteiger partial charge in [0.25, 0.3) is 0 Å². The molecule has 0 aliphatic heterocycles. The Morgan fingerprint density at radius 3 is 2.50 bits per heavy atom. The summed E-state index contributed by atoms with van der Waals surface area (Å²) < 4.78 is 0. The van der Waals surface area contributed by atoms with Crippen LogP contribution in [-0.2, 0) is 0 Å². The van der Waals surface area contributed by atoms with Gasteiger partial charge in [0.05, 0.1) is 0 Å². The summed E-state index contributed by atoms with van der Waals surface area (Å²) in [5.41, 5.74) is 5.64. The van der Waals surface area contributed by atoms with Gasteiger partial charge in [-0.15, -0.1) is 0 Å². The van der Waals surface area contributed by atoms with Crippen molar-refractivity contribution in [2.24, 2.45) is 0 Å². The molecule has 1 aromatic rings. The minimum Gasteiger partial charge on any atom is -0.0654 e. The SMILES string of the molecule is CCCC[CH]c1cc(C)cc(C)c1C. The van der Waals surface area contributed by atoms with E-state index in [9.17, 15) is 0 Å². The molecule has 0 aromatic heterocycles. The van der Waals surface area contributed by atoms with E-state index in [0.717, 1.165) is 0 Å². The third kappa shape index (κ3) is 2.87. The molecule has 0 amide bonds. The van der Waals surface area contributed by atoms with Crippen molar-refractivity contribution in [3.8, 4) is 0 Å². The van der Waals surface area contributed by atoms with Gasteiger partial charge in [0.15, 0.2) is 0 Å². The summed E-state index contributed by atoms with van der Waals surface area (Å²) in [6.07, 6.45) is 6.16. The molecule has 0 heterocycles. The van der Waals surface area contributed by atoms with Crippen LogP contribution in [0.4, 0.5) is 0 Å². The fourth-order valence-electron chi connectivity index (χ4n) is 1.75. The molecule has 0 saturated carbocycles. The quantitative estimate of drug-likeness (QED) is 0.617. The Morgan fingerprint density at radius 1 is 1.14 bits per heavy atom. The van der Waals surface area contributed by atoms with Gasteiger partial charge in [-0.3, -0.25) is 0 Å². The predicted molar refractivity (Wildman–Crippen MR) is 63.6 cm³/mol. The Balaban J connectivity index is 2.75. The van der Waals surface area contributed by atoms with Crippen LogP contribution in [0.3, 0.4) is 0 Å². The van der Waals surface area contributed by atoms with Crippen LogP contribution in [0.1, 0.15) is 48.4 Å². The summed E-state index contributed by atoms with van der Waals surface area (Å²) in [6.45, 7) is 8.82. The fourth-order valence-corrected chi connectivity index (χ4v) is 1.75. The van der Waals surface area contributed by atoms with Crippen molar-refractivity contribution in [2.75, 3.05) is 0 Å². The minimum atomic E-state index is 1.21. The second-order valence-corrected chi connectivity index (χ2v) is 4.14. The van der Waals surface area contributed by atoms with Gasteiger partial charge in [-0.05, 0) is 50.3 Å². The standard InChI is InChI=1S/C14H21/c1-5-6-7-8-14-10-11(2)9-12(3)13(14)4/h8-10H,5-7H2,1-4H3. The van der Waals surface area contributed by atoms with Gasteiger partial charge >= 0.3 is 0 Å². The van der Waals surface area contributed by atoms with Crippen LogP contribution in [0.25, 0.3) is 0 Å². The maximum atomic E-state index is 2.37. The molecule has 0 unspecified atom stereocenters. The summed E-state index contributed by atoms with van der Waals surface area (Å²) in [7, 11) is 0. The van der Waals surface area contributed by atoms with Crippen LogP contribution in [0, 0.1) is 27.2 Å². The lowest BCUT2D eigenvalue weighted by Gasteiger charge is -2.09. The lowest BCUT2D eigenvalue weighted by Crippen LogP contribution is -1.92. The van der Waals surface area contributed by atoms with Gasteiger partial charge in [0, 0.05) is 0 Å². The summed E-state index contributed by atoms with van der Waals surface area (Å²) >= 11 is 0. The Hall–Kier alpha value is -0.780. The van der Waals surface area contributed by atoms with E-state index in [-0.39, 0.29) is 0 Å². The summed E-state index contributed by atoms with van der Waals surface area (Å²) in [5.74, 6) is 0. The molecule has 0 bridgehead atoms.